The molecular formula is C13H20BrNO2. The molecule has 0 heterocycles. The van der Waals surface area contributed by atoms with Crippen LogP contribution in [0.1, 0.15) is 25.5 Å². The van der Waals surface area contributed by atoms with Crippen LogP contribution in [-0.4, -0.2) is 31.9 Å². The van der Waals surface area contributed by atoms with Crippen LogP contribution in [0.3, 0.4) is 0 Å². The average molecular weight is 302 g/mol. The number of ether oxygens (including phenoxy) is 1. The van der Waals surface area contributed by atoms with Gasteiger partial charge in [0.25, 0.3) is 0 Å². The van der Waals surface area contributed by atoms with Crippen LogP contribution in [0.5, 0.6) is 0 Å². The number of halogens is 1. The van der Waals surface area contributed by atoms with Crippen molar-refractivity contribution >= 4 is 21.6 Å². The van der Waals surface area contributed by atoms with Gasteiger partial charge in [0.05, 0.1) is 18.4 Å². The Bertz CT molecular complexity index is 355. The quantitative estimate of drug-likeness (QED) is 0.877. The van der Waals surface area contributed by atoms with E-state index in [4.69, 9.17) is 4.74 Å². The minimum Gasteiger partial charge on any atom is -0.389 e. The molecule has 0 saturated heterocycles. The fourth-order valence-electron chi connectivity index (χ4n) is 1.69. The molecule has 1 atom stereocenters. The third-order valence-corrected chi connectivity index (χ3v) is 3.38. The van der Waals surface area contributed by atoms with Crippen LogP contribution in [0.15, 0.2) is 22.7 Å². The summed E-state index contributed by atoms with van der Waals surface area (Å²) in [6.45, 7) is 6.38. The lowest BCUT2D eigenvalue weighted by molar-refractivity contribution is 0.199. The lowest BCUT2D eigenvalue weighted by atomic mass is 10.1. The minimum atomic E-state index is -0.436. The van der Waals surface area contributed by atoms with E-state index >= 15 is 0 Å². The Morgan fingerprint density at radius 1 is 1.47 bits per heavy atom. The van der Waals surface area contributed by atoms with Gasteiger partial charge in [0.15, 0.2) is 0 Å². The van der Waals surface area contributed by atoms with Gasteiger partial charge in [-0.25, -0.2) is 0 Å². The summed E-state index contributed by atoms with van der Waals surface area (Å²) in [6.07, 6.45) is -0.436. The van der Waals surface area contributed by atoms with E-state index < -0.39 is 6.10 Å². The van der Waals surface area contributed by atoms with Crippen molar-refractivity contribution in [1.29, 1.82) is 0 Å². The maximum atomic E-state index is 9.52. The van der Waals surface area contributed by atoms with Crippen molar-refractivity contribution in [2.75, 3.05) is 31.7 Å². The van der Waals surface area contributed by atoms with E-state index in [2.05, 4.69) is 27.8 Å². The van der Waals surface area contributed by atoms with Gasteiger partial charge in [0.2, 0.25) is 0 Å². The Morgan fingerprint density at radius 3 is 2.65 bits per heavy atom. The Kier molecular flexibility index (Phi) is 5.95. The molecule has 0 aliphatic carbocycles. The van der Waals surface area contributed by atoms with E-state index in [-0.39, 0.29) is 0 Å². The highest BCUT2D eigenvalue weighted by atomic mass is 79.9. The maximum absolute atomic E-state index is 9.52. The molecule has 0 aliphatic rings. The van der Waals surface area contributed by atoms with Crippen LogP contribution in [0.25, 0.3) is 0 Å². The van der Waals surface area contributed by atoms with Crippen molar-refractivity contribution in [3.05, 3.63) is 28.2 Å². The number of aliphatic hydroxyl groups excluding tert-OH is 1. The van der Waals surface area contributed by atoms with Crippen molar-refractivity contribution in [2.45, 2.75) is 20.0 Å². The summed E-state index contributed by atoms with van der Waals surface area (Å²) in [5, 5.41) is 9.52. The van der Waals surface area contributed by atoms with Gasteiger partial charge in [-0.05, 0) is 47.5 Å². The van der Waals surface area contributed by atoms with Crippen LogP contribution in [0.4, 0.5) is 5.69 Å². The molecule has 3 nitrogen and oxygen atoms in total. The monoisotopic (exact) mass is 301 g/mol. The predicted octanol–water partition coefficient (Wildman–Crippen LogP) is 2.98. The predicted molar refractivity (Wildman–Crippen MR) is 74.5 cm³/mol. The van der Waals surface area contributed by atoms with Gasteiger partial charge in [0, 0.05) is 24.7 Å². The van der Waals surface area contributed by atoms with Gasteiger partial charge in [-0.1, -0.05) is 6.07 Å². The van der Waals surface area contributed by atoms with Crippen molar-refractivity contribution < 1.29 is 9.84 Å². The fourth-order valence-corrected chi connectivity index (χ4v) is 2.34. The topological polar surface area (TPSA) is 32.7 Å². The van der Waals surface area contributed by atoms with Crippen LogP contribution in [0, 0.1) is 0 Å². The molecule has 1 aromatic rings. The summed E-state index contributed by atoms with van der Waals surface area (Å²) >= 11 is 3.56. The molecule has 0 aromatic heterocycles. The number of aliphatic hydroxyl groups is 1. The lowest BCUT2D eigenvalue weighted by Gasteiger charge is -2.24. The molecule has 4 heteroatoms. The first-order valence-corrected chi connectivity index (χ1v) is 6.60. The molecule has 0 spiro atoms. The molecule has 0 unspecified atom stereocenters. The van der Waals surface area contributed by atoms with Gasteiger partial charge in [-0.3, -0.25) is 0 Å². The van der Waals surface area contributed by atoms with Crippen LogP contribution in [-0.2, 0) is 4.74 Å². The van der Waals surface area contributed by atoms with E-state index in [0.29, 0.717) is 6.61 Å². The fraction of sp³-hybridized carbons (Fsp3) is 0.538. The van der Waals surface area contributed by atoms with Crippen LogP contribution >= 0.6 is 15.9 Å². The maximum Gasteiger partial charge on any atom is 0.0762 e. The third-order valence-electron chi connectivity index (χ3n) is 2.74. The number of anilines is 1. The number of likely N-dealkylation sites (N-methyl/N-ethyl adjacent to an activating group) is 1. The molecule has 0 fully saturated rings. The van der Waals surface area contributed by atoms with Crippen LogP contribution < -0.4 is 4.90 Å². The summed E-state index contributed by atoms with van der Waals surface area (Å²) < 4.78 is 6.11. The standard InChI is InChI=1S/C13H20BrNO2/c1-4-15(7-8-17-3)13-6-5-11(10(2)16)9-12(13)14/h5-6,9-10,16H,4,7-8H2,1-3H3/t10-/m1/s1. The molecule has 0 saturated carbocycles. The van der Waals surface area contributed by atoms with Gasteiger partial charge in [0.1, 0.15) is 0 Å². The summed E-state index contributed by atoms with van der Waals surface area (Å²) in [5.74, 6) is 0. The number of benzene rings is 1. The van der Waals surface area contributed by atoms with Crippen molar-refractivity contribution in [3.8, 4) is 0 Å². The number of rotatable bonds is 6. The van der Waals surface area contributed by atoms with E-state index in [1.54, 1.807) is 14.0 Å². The number of nitrogens with zero attached hydrogens (tertiary/aromatic N) is 1. The molecule has 0 bridgehead atoms. The first-order valence-electron chi connectivity index (χ1n) is 5.81. The number of hydrogen-bond acceptors (Lipinski definition) is 3. The van der Waals surface area contributed by atoms with Gasteiger partial charge in [-0.2, -0.15) is 0 Å². The third kappa shape index (κ3) is 3.98. The number of methoxy groups -OCH3 is 1. The largest absolute Gasteiger partial charge is 0.389 e. The van der Waals surface area contributed by atoms with Crippen molar-refractivity contribution in [1.82, 2.24) is 0 Å². The molecule has 0 radical (unpaired) electrons. The minimum absolute atomic E-state index is 0.436. The summed E-state index contributed by atoms with van der Waals surface area (Å²) in [4.78, 5) is 2.24. The molecule has 0 aliphatic heterocycles. The zero-order chi connectivity index (χ0) is 12.8. The SMILES string of the molecule is CCN(CCOC)c1ccc([C@@H](C)O)cc1Br. The normalized spacial score (nSPS) is 12.5. The first-order chi connectivity index (χ1) is 8.10. The molecule has 1 rings (SSSR count). The highest BCUT2D eigenvalue weighted by Crippen LogP contribution is 2.29. The Hall–Kier alpha value is -0.580. The first kappa shape index (κ1) is 14.5. The van der Waals surface area contributed by atoms with Gasteiger partial charge in [-0.15, -0.1) is 0 Å². The second-order valence-electron chi connectivity index (χ2n) is 3.96. The molecular weight excluding hydrogens is 282 g/mol. The molecule has 0 amide bonds. The van der Waals surface area contributed by atoms with E-state index in [1.165, 1.54) is 0 Å². The van der Waals surface area contributed by atoms with Gasteiger partial charge < -0.3 is 14.7 Å². The van der Waals surface area contributed by atoms with E-state index in [1.807, 2.05) is 18.2 Å². The molecule has 1 N–H and O–H groups in total. The summed E-state index contributed by atoms with van der Waals surface area (Å²) in [6, 6.07) is 5.96. The molecule has 17 heavy (non-hydrogen) atoms. The number of hydrogen-bond donors (Lipinski definition) is 1. The smallest absolute Gasteiger partial charge is 0.0762 e. The zero-order valence-corrected chi connectivity index (χ0v) is 12.2. The summed E-state index contributed by atoms with van der Waals surface area (Å²) in [5.41, 5.74) is 2.05. The average Bonchev–Trinajstić information content (AvgIpc) is 2.31. The Labute approximate surface area is 112 Å². The highest BCUT2D eigenvalue weighted by Gasteiger charge is 2.10. The summed E-state index contributed by atoms with van der Waals surface area (Å²) in [7, 11) is 1.71. The van der Waals surface area contributed by atoms with Crippen molar-refractivity contribution in [2.24, 2.45) is 0 Å². The highest BCUT2D eigenvalue weighted by molar-refractivity contribution is 9.10. The van der Waals surface area contributed by atoms with Crippen molar-refractivity contribution in [3.63, 3.8) is 0 Å². The second kappa shape index (κ2) is 6.99. The van der Waals surface area contributed by atoms with Gasteiger partial charge >= 0.3 is 0 Å². The lowest BCUT2D eigenvalue weighted by Crippen LogP contribution is -2.27. The van der Waals surface area contributed by atoms with Crippen LogP contribution in [0.2, 0.25) is 0 Å². The molecule has 1 aromatic carbocycles. The Balaban J connectivity index is 2.88. The zero-order valence-electron chi connectivity index (χ0n) is 10.6. The van der Waals surface area contributed by atoms with E-state index in [0.717, 1.165) is 28.8 Å². The molecule has 96 valence electrons. The van der Waals surface area contributed by atoms with E-state index in [9.17, 15) is 5.11 Å². The second-order valence-corrected chi connectivity index (χ2v) is 4.81. The Morgan fingerprint density at radius 2 is 2.18 bits per heavy atom.